The Morgan fingerprint density at radius 3 is 2.11 bits per heavy atom. The van der Waals surface area contributed by atoms with Crippen molar-refractivity contribution in [3.63, 3.8) is 0 Å². The van der Waals surface area contributed by atoms with Crippen molar-refractivity contribution in [1.29, 1.82) is 0 Å². The number of nitrogens with two attached hydrogens (primary N) is 1. The number of anilines is 1. The summed E-state index contributed by atoms with van der Waals surface area (Å²) in [5.41, 5.74) is 7.99. The van der Waals surface area contributed by atoms with E-state index in [1.165, 1.54) is 0 Å². The van der Waals surface area contributed by atoms with Gasteiger partial charge in [0.15, 0.2) is 11.5 Å². The zero-order valence-corrected chi connectivity index (χ0v) is 15.4. The Balaban J connectivity index is 2.12. The first-order valence-corrected chi connectivity index (χ1v) is 8.32. The Hall–Kier alpha value is -3.32. The molecule has 1 heterocycles. The summed E-state index contributed by atoms with van der Waals surface area (Å²) in [5.74, 6) is 1.26. The molecular formula is C19H17ClN4O3. The minimum absolute atomic E-state index is 0.0970. The molecule has 0 saturated heterocycles. The molecule has 0 aliphatic carbocycles. The van der Waals surface area contributed by atoms with Gasteiger partial charge in [-0.25, -0.2) is 14.8 Å². The van der Waals surface area contributed by atoms with E-state index in [-0.39, 0.29) is 5.95 Å². The molecule has 2 aromatic carbocycles. The van der Waals surface area contributed by atoms with Gasteiger partial charge < -0.3 is 15.2 Å². The third-order valence-electron chi connectivity index (χ3n) is 3.78. The van der Waals surface area contributed by atoms with E-state index in [2.05, 4.69) is 15.3 Å². The average molecular weight is 385 g/mol. The molecular weight excluding hydrogens is 368 g/mol. The predicted molar refractivity (Wildman–Crippen MR) is 104 cm³/mol. The molecule has 1 aromatic heterocycles. The third kappa shape index (κ3) is 4.27. The second-order valence-electron chi connectivity index (χ2n) is 5.53. The highest BCUT2D eigenvalue weighted by atomic mass is 35.5. The molecule has 3 rings (SSSR count). The molecule has 0 atom stereocenters. The summed E-state index contributed by atoms with van der Waals surface area (Å²) in [7, 11) is 3.12. The first-order valence-electron chi connectivity index (χ1n) is 7.94. The number of rotatable bonds is 5. The lowest BCUT2D eigenvalue weighted by Gasteiger charge is -2.11. The van der Waals surface area contributed by atoms with Gasteiger partial charge in [-0.05, 0) is 36.4 Å². The van der Waals surface area contributed by atoms with Crippen LogP contribution in [0.1, 0.15) is 0 Å². The number of primary amides is 1. The number of carbonyl (C=O) groups excluding carboxylic acids is 1. The van der Waals surface area contributed by atoms with E-state index >= 15 is 0 Å². The van der Waals surface area contributed by atoms with Gasteiger partial charge in [-0.1, -0.05) is 23.7 Å². The van der Waals surface area contributed by atoms with Crippen molar-refractivity contribution < 1.29 is 14.3 Å². The summed E-state index contributed by atoms with van der Waals surface area (Å²) in [4.78, 5) is 20.0. The van der Waals surface area contributed by atoms with Crippen molar-refractivity contribution >= 4 is 23.6 Å². The van der Waals surface area contributed by atoms with E-state index in [9.17, 15) is 4.79 Å². The molecule has 3 aromatic rings. The van der Waals surface area contributed by atoms with Crippen molar-refractivity contribution in [2.45, 2.75) is 0 Å². The largest absolute Gasteiger partial charge is 0.493 e. The number of aromatic nitrogens is 2. The van der Waals surface area contributed by atoms with Gasteiger partial charge in [0, 0.05) is 16.1 Å². The fraction of sp³-hybridized carbons (Fsp3) is 0.105. The summed E-state index contributed by atoms with van der Waals surface area (Å²) in [6.07, 6.45) is 0. The molecule has 8 heteroatoms. The maximum Gasteiger partial charge on any atom is 0.319 e. The minimum atomic E-state index is -0.749. The normalized spacial score (nSPS) is 10.3. The molecule has 0 unspecified atom stereocenters. The second-order valence-corrected chi connectivity index (χ2v) is 5.96. The molecule has 0 aliphatic rings. The zero-order chi connectivity index (χ0) is 19.4. The average Bonchev–Trinajstić information content (AvgIpc) is 2.67. The van der Waals surface area contributed by atoms with Crippen LogP contribution < -0.4 is 20.5 Å². The highest BCUT2D eigenvalue weighted by Crippen LogP contribution is 2.33. The lowest BCUT2D eigenvalue weighted by Crippen LogP contribution is -2.21. The van der Waals surface area contributed by atoms with Crippen molar-refractivity contribution in [2.75, 3.05) is 19.5 Å². The topological polar surface area (TPSA) is 99.4 Å². The second kappa shape index (κ2) is 7.92. The SMILES string of the molecule is COc1ccc(-c2cc(-c3ccc(Cl)cc3)nc(NC(N)=O)n2)cc1OC. The van der Waals surface area contributed by atoms with Crippen LogP contribution in [0, 0.1) is 0 Å². The van der Waals surface area contributed by atoms with Crippen LogP contribution in [-0.2, 0) is 0 Å². The summed E-state index contributed by atoms with van der Waals surface area (Å²) in [6.45, 7) is 0. The lowest BCUT2D eigenvalue weighted by molar-refractivity contribution is 0.259. The maximum atomic E-state index is 11.3. The van der Waals surface area contributed by atoms with Gasteiger partial charge in [-0.15, -0.1) is 0 Å². The molecule has 0 spiro atoms. The van der Waals surface area contributed by atoms with E-state index in [1.807, 2.05) is 18.2 Å². The van der Waals surface area contributed by atoms with Crippen LogP contribution in [0.15, 0.2) is 48.5 Å². The van der Waals surface area contributed by atoms with Crippen LogP contribution in [0.2, 0.25) is 5.02 Å². The number of hydrogen-bond acceptors (Lipinski definition) is 5. The molecule has 0 aliphatic heterocycles. The van der Waals surface area contributed by atoms with Crippen LogP contribution in [-0.4, -0.2) is 30.2 Å². The van der Waals surface area contributed by atoms with Gasteiger partial charge >= 0.3 is 6.03 Å². The number of amides is 2. The summed E-state index contributed by atoms with van der Waals surface area (Å²) in [5, 5.41) is 3.04. The molecule has 0 saturated carbocycles. The highest BCUT2D eigenvalue weighted by Gasteiger charge is 2.12. The van der Waals surface area contributed by atoms with Crippen LogP contribution in [0.4, 0.5) is 10.7 Å². The zero-order valence-electron chi connectivity index (χ0n) is 14.7. The van der Waals surface area contributed by atoms with E-state index in [1.54, 1.807) is 44.6 Å². The first-order chi connectivity index (χ1) is 13.0. The highest BCUT2D eigenvalue weighted by molar-refractivity contribution is 6.30. The van der Waals surface area contributed by atoms with Crippen LogP contribution in [0.3, 0.4) is 0 Å². The van der Waals surface area contributed by atoms with Crippen molar-refractivity contribution in [3.05, 3.63) is 53.6 Å². The van der Waals surface area contributed by atoms with Crippen molar-refractivity contribution in [2.24, 2.45) is 5.73 Å². The number of nitrogens with one attached hydrogen (secondary N) is 1. The van der Waals surface area contributed by atoms with Crippen molar-refractivity contribution in [3.8, 4) is 34.0 Å². The number of hydrogen-bond donors (Lipinski definition) is 2. The summed E-state index contributed by atoms with van der Waals surface area (Å²) < 4.78 is 10.6. The lowest BCUT2D eigenvalue weighted by atomic mass is 10.1. The van der Waals surface area contributed by atoms with Crippen molar-refractivity contribution in [1.82, 2.24) is 9.97 Å². The summed E-state index contributed by atoms with van der Waals surface area (Å²) >= 11 is 5.96. The smallest absolute Gasteiger partial charge is 0.319 e. The number of urea groups is 1. The Labute approximate surface area is 161 Å². The van der Waals surface area contributed by atoms with Gasteiger partial charge in [0.1, 0.15) is 0 Å². The molecule has 0 fully saturated rings. The number of carbonyl (C=O) groups is 1. The Bertz CT molecular complexity index is 977. The van der Waals surface area contributed by atoms with Gasteiger partial charge in [0.2, 0.25) is 5.95 Å². The van der Waals surface area contributed by atoms with Gasteiger partial charge in [0.25, 0.3) is 0 Å². The number of ether oxygens (including phenoxy) is 2. The standard InChI is InChI=1S/C19H17ClN4O3/c1-26-16-8-5-12(9-17(16)27-2)15-10-14(11-3-6-13(20)7-4-11)22-19(23-15)24-18(21)25/h3-10H,1-2H3,(H3,21,22,23,24,25). The van der Waals surface area contributed by atoms with Crippen LogP contribution in [0.5, 0.6) is 11.5 Å². The van der Waals surface area contributed by atoms with Gasteiger partial charge in [-0.3, -0.25) is 5.32 Å². The van der Waals surface area contributed by atoms with Crippen LogP contribution in [0.25, 0.3) is 22.5 Å². The molecule has 2 amide bonds. The molecule has 0 bridgehead atoms. The molecule has 0 radical (unpaired) electrons. The predicted octanol–water partition coefficient (Wildman–Crippen LogP) is 3.97. The van der Waals surface area contributed by atoms with E-state index in [4.69, 9.17) is 26.8 Å². The Morgan fingerprint density at radius 1 is 0.926 bits per heavy atom. The van der Waals surface area contributed by atoms with E-state index in [0.29, 0.717) is 27.9 Å². The number of halogens is 1. The first kappa shape index (κ1) is 18.5. The monoisotopic (exact) mass is 384 g/mol. The minimum Gasteiger partial charge on any atom is -0.493 e. The fourth-order valence-corrected chi connectivity index (χ4v) is 2.65. The third-order valence-corrected chi connectivity index (χ3v) is 4.03. The Morgan fingerprint density at radius 2 is 1.52 bits per heavy atom. The summed E-state index contributed by atoms with van der Waals surface area (Å²) in [6, 6.07) is 13.6. The van der Waals surface area contributed by atoms with Gasteiger partial charge in [0.05, 0.1) is 25.6 Å². The molecule has 27 heavy (non-hydrogen) atoms. The number of nitrogens with zero attached hydrogens (tertiary/aromatic N) is 2. The van der Waals surface area contributed by atoms with Gasteiger partial charge in [-0.2, -0.15) is 0 Å². The maximum absolute atomic E-state index is 11.3. The number of benzene rings is 2. The Kier molecular flexibility index (Phi) is 5.42. The molecule has 3 N–H and O–H groups in total. The molecule has 7 nitrogen and oxygen atoms in total. The van der Waals surface area contributed by atoms with E-state index in [0.717, 1.165) is 11.1 Å². The quantitative estimate of drug-likeness (QED) is 0.693. The van der Waals surface area contributed by atoms with Crippen LogP contribution >= 0.6 is 11.6 Å². The number of methoxy groups -OCH3 is 2. The molecule has 138 valence electrons. The fourth-order valence-electron chi connectivity index (χ4n) is 2.53. The van der Waals surface area contributed by atoms with E-state index < -0.39 is 6.03 Å².